The molecule has 0 saturated carbocycles. The van der Waals surface area contributed by atoms with E-state index in [9.17, 15) is 15.0 Å². The maximum Gasteiger partial charge on any atom is 0.216 e. The third-order valence-electron chi connectivity index (χ3n) is 2.52. The molecule has 1 heterocycles. The number of hydrogen-bond donors (Lipinski definition) is 4. The van der Waals surface area contributed by atoms with E-state index in [2.05, 4.69) is 20.7 Å². The van der Waals surface area contributed by atoms with Gasteiger partial charge in [-0.2, -0.15) is 0 Å². The number of piperidine rings is 1. The summed E-state index contributed by atoms with van der Waals surface area (Å²) in [6, 6.07) is -1.13. The van der Waals surface area contributed by atoms with Crippen LogP contribution in [-0.2, 0) is 4.79 Å². The zero-order chi connectivity index (χ0) is 12.1. The zero-order valence-electron chi connectivity index (χ0n) is 8.87. The summed E-state index contributed by atoms with van der Waals surface area (Å²) < 4.78 is 0. The highest BCUT2D eigenvalue weighted by Gasteiger charge is 2.36. The molecule has 0 aromatic heterocycles. The Bertz CT molecular complexity index is 304. The molecule has 0 aromatic rings. The van der Waals surface area contributed by atoms with Crippen molar-refractivity contribution in [2.75, 3.05) is 13.1 Å². The van der Waals surface area contributed by atoms with E-state index in [1.807, 2.05) is 0 Å². The van der Waals surface area contributed by atoms with Gasteiger partial charge in [-0.15, -0.1) is 0 Å². The molecule has 0 radical (unpaired) electrons. The van der Waals surface area contributed by atoms with Crippen molar-refractivity contribution in [2.45, 2.75) is 31.2 Å². The van der Waals surface area contributed by atoms with Gasteiger partial charge >= 0.3 is 0 Å². The summed E-state index contributed by atoms with van der Waals surface area (Å²) in [5, 5.41) is 28.1. The van der Waals surface area contributed by atoms with Crippen LogP contribution in [0.25, 0.3) is 10.4 Å². The molecule has 0 aliphatic carbocycles. The van der Waals surface area contributed by atoms with Crippen molar-refractivity contribution in [2.24, 2.45) is 5.11 Å². The molecule has 1 aliphatic heterocycles. The first kappa shape index (κ1) is 12.7. The molecule has 1 saturated heterocycles. The van der Waals surface area contributed by atoms with Gasteiger partial charge < -0.3 is 20.8 Å². The predicted molar refractivity (Wildman–Crippen MR) is 55.4 cm³/mol. The van der Waals surface area contributed by atoms with Crippen LogP contribution in [0.3, 0.4) is 0 Å². The number of carbonyl (C=O) groups excluding carboxylic acids is 1. The number of nitrogens with one attached hydrogen (secondary N) is 2. The summed E-state index contributed by atoms with van der Waals surface area (Å²) in [6.45, 7) is 1.86. The molecule has 4 atom stereocenters. The number of nitrogens with zero attached hydrogens (tertiary/aromatic N) is 3. The van der Waals surface area contributed by atoms with Crippen LogP contribution in [0.1, 0.15) is 6.92 Å². The minimum absolute atomic E-state index is 0.208. The van der Waals surface area contributed by atoms with Gasteiger partial charge in [-0.25, -0.2) is 0 Å². The van der Waals surface area contributed by atoms with Gasteiger partial charge in [0.15, 0.2) is 0 Å². The molecule has 0 spiro atoms. The van der Waals surface area contributed by atoms with Crippen LogP contribution in [0.5, 0.6) is 0 Å². The van der Waals surface area contributed by atoms with Crippen molar-refractivity contribution in [1.29, 1.82) is 0 Å². The van der Waals surface area contributed by atoms with Crippen molar-refractivity contribution in [3.63, 3.8) is 0 Å². The normalized spacial score (nSPS) is 33.9. The molecular formula is C8H15N5O3. The number of azide groups is 1. The number of aliphatic hydroxyl groups is 2. The Labute approximate surface area is 92.3 Å². The smallest absolute Gasteiger partial charge is 0.216 e. The SMILES string of the molecule is CC(=O)NC[C@H]1NC[C@H](N=[N+]=[N-])[C@@H](O)[C@@H]1O. The van der Waals surface area contributed by atoms with Crippen LogP contribution in [0.4, 0.5) is 0 Å². The average Bonchev–Trinajstić information content (AvgIpc) is 2.24. The fourth-order valence-corrected chi connectivity index (χ4v) is 1.60. The highest BCUT2D eigenvalue weighted by molar-refractivity contribution is 5.72. The second kappa shape index (κ2) is 5.66. The number of amides is 1. The fraction of sp³-hybridized carbons (Fsp3) is 0.875. The van der Waals surface area contributed by atoms with Crippen LogP contribution >= 0.6 is 0 Å². The van der Waals surface area contributed by atoms with Crippen molar-refractivity contribution in [3.8, 4) is 0 Å². The lowest BCUT2D eigenvalue weighted by Gasteiger charge is -2.36. The zero-order valence-corrected chi connectivity index (χ0v) is 8.87. The van der Waals surface area contributed by atoms with Crippen LogP contribution < -0.4 is 10.6 Å². The number of aliphatic hydroxyl groups excluding tert-OH is 2. The highest BCUT2D eigenvalue weighted by Crippen LogP contribution is 2.13. The predicted octanol–water partition coefficient (Wildman–Crippen LogP) is -1.50. The van der Waals surface area contributed by atoms with E-state index in [4.69, 9.17) is 5.53 Å². The van der Waals surface area contributed by atoms with Crippen LogP contribution in [0.2, 0.25) is 0 Å². The molecular weight excluding hydrogens is 214 g/mol. The molecule has 0 aromatic carbocycles. The summed E-state index contributed by atoms with van der Waals surface area (Å²) in [7, 11) is 0. The van der Waals surface area contributed by atoms with E-state index >= 15 is 0 Å². The minimum Gasteiger partial charge on any atom is -0.390 e. The van der Waals surface area contributed by atoms with Gasteiger partial charge in [0, 0.05) is 24.9 Å². The minimum atomic E-state index is -1.11. The van der Waals surface area contributed by atoms with E-state index in [-0.39, 0.29) is 19.0 Å². The van der Waals surface area contributed by atoms with Crippen molar-refractivity contribution >= 4 is 5.91 Å². The topological polar surface area (TPSA) is 130 Å². The van der Waals surface area contributed by atoms with Gasteiger partial charge in [-0.3, -0.25) is 4.79 Å². The second-order valence-electron chi connectivity index (χ2n) is 3.71. The molecule has 8 heteroatoms. The van der Waals surface area contributed by atoms with E-state index in [0.29, 0.717) is 0 Å². The molecule has 1 amide bonds. The molecule has 0 bridgehead atoms. The summed E-state index contributed by atoms with van der Waals surface area (Å²) in [6.07, 6.45) is -2.19. The quantitative estimate of drug-likeness (QED) is 0.266. The number of rotatable bonds is 3. The Hall–Kier alpha value is -1.34. The summed E-state index contributed by atoms with van der Waals surface area (Å²) in [5.41, 5.74) is 8.25. The maximum absolute atomic E-state index is 10.7. The molecule has 1 rings (SSSR count). The number of carbonyl (C=O) groups is 1. The molecule has 8 nitrogen and oxygen atoms in total. The summed E-state index contributed by atoms with van der Waals surface area (Å²) >= 11 is 0. The Balaban J connectivity index is 2.53. The molecule has 16 heavy (non-hydrogen) atoms. The number of hydrogen-bond acceptors (Lipinski definition) is 5. The van der Waals surface area contributed by atoms with Gasteiger partial charge in [0.25, 0.3) is 0 Å². The maximum atomic E-state index is 10.7. The van der Waals surface area contributed by atoms with E-state index in [1.54, 1.807) is 0 Å². The van der Waals surface area contributed by atoms with Gasteiger partial charge in [0.2, 0.25) is 5.91 Å². The third-order valence-corrected chi connectivity index (χ3v) is 2.52. The molecule has 0 unspecified atom stereocenters. The standard InChI is InChI=1S/C8H15N5O3/c1-4(14)10-2-5-7(15)8(16)6(3-11-5)12-13-9/h5-8,11,15-16H,2-3H2,1H3,(H,10,14)/t5-,6+,7-,8-/m1/s1. The third kappa shape index (κ3) is 3.07. The molecule has 1 aliphatic rings. The van der Waals surface area contributed by atoms with Crippen molar-refractivity contribution in [3.05, 3.63) is 10.4 Å². The lowest BCUT2D eigenvalue weighted by Crippen LogP contribution is -2.62. The lowest BCUT2D eigenvalue weighted by molar-refractivity contribution is -0.119. The van der Waals surface area contributed by atoms with Gasteiger partial charge in [-0.1, -0.05) is 5.11 Å². The van der Waals surface area contributed by atoms with Gasteiger partial charge in [-0.05, 0) is 5.53 Å². The van der Waals surface area contributed by atoms with Gasteiger partial charge in [0.05, 0.1) is 24.3 Å². The molecule has 90 valence electrons. The largest absolute Gasteiger partial charge is 0.390 e. The Kier molecular flexibility index (Phi) is 4.51. The van der Waals surface area contributed by atoms with Crippen molar-refractivity contribution < 1.29 is 15.0 Å². The Morgan fingerprint density at radius 2 is 2.31 bits per heavy atom. The first-order valence-corrected chi connectivity index (χ1v) is 4.94. The van der Waals surface area contributed by atoms with Crippen LogP contribution in [0.15, 0.2) is 5.11 Å². The first-order valence-electron chi connectivity index (χ1n) is 4.94. The van der Waals surface area contributed by atoms with E-state index in [0.717, 1.165) is 0 Å². The molecule has 1 fully saturated rings. The lowest BCUT2D eigenvalue weighted by atomic mass is 9.94. The Morgan fingerprint density at radius 3 is 2.88 bits per heavy atom. The van der Waals surface area contributed by atoms with Crippen LogP contribution in [-0.4, -0.2) is 53.5 Å². The van der Waals surface area contributed by atoms with E-state index < -0.39 is 24.3 Å². The first-order chi connectivity index (χ1) is 7.56. The highest BCUT2D eigenvalue weighted by atomic mass is 16.3. The van der Waals surface area contributed by atoms with Crippen molar-refractivity contribution in [1.82, 2.24) is 10.6 Å². The van der Waals surface area contributed by atoms with E-state index in [1.165, 1.54) is 6.92 Å². The second-order valence-corrected chi connectivity index (χ2v) is 3.71. The summed E-state index contributed by atoms with van der Waals surface area (Å²) in [5.74, 6) is -0.208. The Morgan fingerprint density at radius 1 is 1.62 bits per heavy atom. The average molecular weight is 229 g/mol. The molecule has 4 N–H and O–H groups in total. The summed E-state index contributed by atoms with van der Waals surface area (Å²) in [4.78, 5) is 13.3. The fourth-order valence-electron chi connectivity index (χ4n) is 1.60. The van der Waals surface area contributed by atoms with Crippen LogP contribution in [0, 0.1) is 0 Å². The monoisotopic (exact) mass is 229 g/mol. The van der Waals surface area contributed by atoms with Gasteiger partial charge in [0.1, 0.15) is 0 Å².